The molecule has 0 radical (unpaired) electrons. The lowest BCUT2D eigenvalue weighted by Gasteiger charge is -2.37. The quantitative estimate of drug-likeness (QED) is 0.531. The van der Waals surface area contributed by atoms with Crippen molar-refractivity contribution in [2.75, 3.05) is 62.3 Å². The molecule has 8 nitrogen and oxygen atoms in total. The summed E-state index contributed by atoms with van der Waals surface area (Å²) in [5, 5.41) is 12.0. The summed E-state index contributed by atoms with van der Waals surface area (Å²) in [6.07, 6.45) is 0. The van der Waals surface area contributed by atoms with Crippen LogP contribution in [-0.2, 0) is 4.74 Å². The Bertz CT molecular complexity index is 985. The summed E-state index contributed by atoms with van der Waals surface area (Å²) in [6.45, 7) is 6.92. The lowest BCUT2D eigenvalue weighted by Crippen LogP contribution is -2.49. The van der Waals surface area contributed by atoms with Gasteiger partial charge < -0.3 is 19.4 Å². The van der Waals surface area contributed by atoms with Crippen LogP contribution in [0.2, 0.25) is 5.02 Å². The van der Waals surface area contributed by atoms with Gasteiger partial charge in [-0.2, -0.15) is 0 Å². The predicted octanol–water partition coefficient (Wildman–Crippen LogP) is 3.36. The molecule has 0 aliphatic carbocycles. The number of morpholine rings is 1. The van der Waals surface area contributed by atoms with Gasteiger partial charge in [0.2, 0.25) is 0 Å². The number of hydrogen-bond acceptors (Lipinski definition) is 6. The number of non-ortho nitro benzene ring substituents is 1. The highest BCUT2D eigenvalue weighted by Gasteiger charge is 2.28. The number of nitrogens with zero attached hydrogens (tertiary/aromatic N) is 4. The summed E-state index contributed by atoms with van der Waals surface area (Å²) < 4.78 is 5.41. The van der Waals surface area contributed by atoms with Crippen LogP contribution in [0, 0.1) is 17.0 Å². The summed E-state index contributed by atoms with van der Waals surface area (Å²) in [7, 11) is 0. The molecule has 0 aromatic heterocycles. The zero-order chi connectivity index (χ0) is 22.0. The Labute approximate surface area is 186 Å². The Morgan fingerprint density at radius 1 is 0.968 bits per heavy atom. The summed E-state index contributed by atoms with van der Waals surface area (Å²) in [6, 6.07) is 10.4. The van der Waals surface area contributed by atoms with Crippen molar-refractivity contribution in [2.24, 2.45) is 0 Å². The maximum Gasteiger partial charge on any atom is 0.270 e. The number of carbonyl (C=O) groups excluding carboxylic acids is 1. The number of nitro groups is 1. The van der Waals surface area contributed by atoms with Gasteiger partial charge in [-0.15, -0.1) is 0 Å². The highest BCUT2D eigenvalue weighted by atomic mass is 35.5. The SMILES string of the molecule is Cc1ccc(Cl)cc1N1CCN(C(=O)c2cc([N+](=O)[O-])ccc2N2CCOCC2)CC1. The molecule has 0 atom stereocenters. The molecule has 2 aromatic rings. The lowest BCUT2D eigenvalue weighted by atomic mass is 10.1. The van der Waals surface area contributed by atoms with Gasteiger partial charge in [0.25, 0.3) is 11.6 Å². The maximum absolute atomic E-state index is 13.4. The van der Waals surface area contributed by atoms with Crippen LogP contribution in [0.5, 0.6) is 0 Å². The van der Waals surface area contributed by atoms with E-state index < -0.39 is 4.92 Å². The van der Waals surface area contributed by atoms with Crippen molar-refractivity contribution in [2.45, 2.75) is 6.92 Å². The van der Waals surface area contributed by atoms with Gasteiger partial charge >= 0.3 is 0 Å². The van der Waals surface area contributed by atoms with E-state index in [0.717, 1.165) is 16.9 Å². The van der Waals surface area contributed by atoms with Crippen molar-refractivity contribution in [1.29, 1.82) is 0 Å². The van der Waals surface area contributed by atoms with Crippen LogP contribution >= 0.6 is 11.6 Å². The molecule has 2 aromatic carbocycles. The van der Waals surface area contributed by atoms with E-state index in [4.69, 9.17) is 16.3 Å². The van der Waals surface area contributed by atoms with E-state index in [1.54, 1.807) is 11.0 Å². The van der Waals surface area contributed by atoms with Crippen LogP contribution in [0.25, 0.3) is 0 Å². The number of nitro benzene ring substituents is 1. The van der Waals surface area contributed by atoms with Gasteiger partial charge in [-0.05, 0) is 30.7 Å². The van der Waals surface area contributed by atoms with Gasteiger partial charge in [-0.1, -0.05) is 17.7 Å². The molecule has 2 saturated heterocycles. The molecule has 0 saturated carbocycles. The van der Waals surface area contributed by atoms with E-state index in [1.165, 1.54) is 12.1 Å². The first-order valence-electron chi connectivity index (χ1n) is 10.4. The minimum absolute atomic E-state index is 0.0754. The average Bonchev–Trinajstić information content (AvgIpc) is 2.80. The topological polar surface area (TPSA) is 79.2 Å². The number of carbonyl (C=O) groups is 1. The molecule has 9 heteroatoms. The fourth-order valence-electron chi connectivity index (χ4n) is 4.13. The Kier molecular flexibility index (Phi) is 6.29. The average molecular weight is 445 g/mol. The van der Waals surface area contributed by atoms with E-state index >= 15 is 0 Å². The summed E-state index contributed by atoms with van der Waals surface area (Å²) in [5.41, 5.74) is 3.24. The maximum atomic E-state index is 13.4. The number of aryl methyl sites for hydroxylation is 1. The van der Waals surface area contributed by atoms with Crippen LogP contribution in [0.3, 0.4) is 0 Å². The zero-order valence-corrected chi connectivity index (χ0v) is 18.2. The first kappa shape index (κ1) is 21.4. The molecule has 4 rings (SSSR count). The van der Waals surface area contributed by atoms with Gasteiger partial charge in [0.15, 0.2) is 0 Å². The molecule has 2 heterocycles. The Hall–Kier alpha value is -2.84. The Morgan fingerprint density at radius 3 is 2.32 bits per heavy atom. The standard InChI is InChI=1S/C22H25ClN4O4/c1-16-2-3-17(23)14-21(16)24-6-8-26(9-7-24)22(28)19-15-18(27(29)30)4-5-20(19)25-10-12-31-13-11-25/h2-5,14-15H,6-13H2,1H3. The number of piperazine rings is 1. The molecular formula is C22H25ClN4O4. The van der Waals surface area contributed by atoms with Crippen LogP contribution in [0.15, 0.2) is 36.4 Å². The monoisotopic (exact) mass is 444 g/mol. The molecule has 164 valence electrons. The number of rotatable bonds is 4. The van der Waals surface area contributed by atoms with E-state index in [0.29, 0.717) is 63.1 Å². The van der Waals surface area contributed by atoms with Crippen molar-refractivity contribution >= 4 is 34.6 Å². The highest BCUT2D eigenvalue weighted by molar-refractivity contribution is 6.30. The van der Waals surface area contributed by atoms with Gasteiger partial charge in [0.1, 0.15) is 0 Å². The third-order valence-corrected chi connectivity index (χ3v) is 6.09. The predicted molar refractivity (Wildman–Crippen MR) is 120 cm³/mol. The number of anilines is 2. The van der Waals surface area contributed by atoms with E-state index in [-0.39, 0.29) is 11.6 Å². The molecular weight excluding hydrogens is 420 g/mol. The first-order chi connectivity index (χ1) is 14.9. The normalized spacial score (nSPS) is 17.0. The minimum atomic E-state index is -0.459. The van der Waals surface area contributed by atoms with Crippen LogP contribution < -0.4 is 9.80 Å². The number of hydrogen-bond donors (Lipinski definition) is 0. The van der Waals surface area contributed by atoms with E-state index in [1.807, 2.05) is 25.1 Å². The summed E-state index contributed by atoms with van der Waals surface area (Å²) >= 11 is 6.17. The van der Waals surface area contributed by atoms with Gasteiger partial charge in [0, 0.05) is 62.1 Å². The van der Waals surface area contributed by atoms with Crippen LogP contribution in [-0.4, -0.2) is 68.2 Å². The summed E-state index contributed by atoms with van der Waals surface area (Å²) in [5.74, 6) is -0.173. The van der Waals surface area contributed by atoms with Gasteiger partial charge in [-0.3, -0.25) is 14.9 Å². The Balaban J connectivity index is 1.54. The van der Waals surface area contributed by atoms with E-state index in [2.05, 4.69) is 9.80 Å². The molecule has 0 N–H and O–H groups in total. The number of amides is 1. The largest absolute Gasteiger partial charge is 0.378 e. The fourth-order valence-corrected chi connectivity index (χ4v) is 4.30. The second kappa shape index (κ2) is 9.11. The van der Waals surface area contributed by atoms with Gasteiger partial charge in [0.05, 0.1) is 29.4 Å². The lowest BCUT2D eigenvalue weighted by molar-refractivity contribution is -0.384. The number of ether oxygens (including phenoxy) is 1. The number of halogens is 1. The highest BCUT2D eigenvalue weighted by Crippen LogP contribution is 2.29. The van der Waals surface area contributed by atoms with Crippen LogP contribution in [0.1, 0.15) is 15.9 Å². The molecule has 2 aliphatic rings. The second-order valence-electron chi connectivity index (χ2n) is 7.77. The summed E-state index contributed by atoms with van der Waals surface area (Å²) in [4.78, 5) is 30.3. The number of benzene rings is 2. The molecule has 2 aliphatic heterocycles. The zero-order valence-electron chi connectivity index (χ0n) is 17.4. The third-order valence-electron chi connectivity index (χ3n) is 5.85. The van der Waals surface area contributed by atoms with Gasteiger partial charge in [-0.25, -0.2) is 0 Å². The fraction of sp³-hybridized carbons (Fsp3) is 0.409. The van der Waals surface area contributed by atoms with Crippen molar-refractivity contribution in [3.05, 3.63) is 62.7 Å². The van der Waals surface area contributed by atoms with Crippen molar-refractivity contribution in [1.82, 2.24) is 4.90 Å². The van der Waals surface area contributed by atoms with Crippen molar-refractivity contribution in [3.8, 4) is 0 Å². The van der Waals surface area contributed by atoms with Crippen molar-refractivity contribution in [3.63, 3.8) is 0 Å². The molecule has 0 bridgehead atoms. The Morgan fingerprint density at radius 2 is 1.65 bits per heavy atom. The molecule has 1 amide bonds. The van der Waals surface area contributed by atoms with E-state index in [9.17, 15) is 14.9 Å². The van der Waals surface area contributed by atoms with Crippen LogP contribution in [0.4, 0.5) is 17.1 Å². The molecule has 2 fully saturated rings. The third kappa shape index (κ3) is 4.60. The van der Waals surface area contributed by atoms with Crippen molar-refractivity contribution < 1.29 is 14.5 Å². The smallest absolute Gasteiger partial charge is 0.270 e. The minimum Gasteiger partial charge on any atom is -0.378 e. The molecule has 31 heavy (non-hydrogen) atoms. The molecule has 0 spiro atoms. The first-order valence-corrected chi connectivity index (χ1v) is 10.7. The second-order valence-corrected chi connectivity index (χ2v) is 8.20. The molecule has 0 unspecified atom stereocenters.